The molecule has 0 atom stereocenters. The summed E-state index contributed by atoms with van der Waals surface area (Å²) in [6.45, 7) is 0.274. The quantitative estimate of drug-likeness (QED) is 0.785. The Morgan fingerprint density at radius 3 is 2.43 bits per heavy atom. The van der Waals surface area contributed by atoms with E-state index in [1.807, 2.05) is 12.1 Å². The van der Waals surface area contributed by atoms with E-state index >= 15 is 0 Å². The van der Waals surface area contributed by atoms with Crippen LogP contribution in [0.4, 0.5) is 0 Å². The molecule has 0 aromatic heterocycles. The fourth-order valence-electron chi connectivity index (χ4n) is 2.06. The van der Waals surface area contributed by atoms with Crippen LogP contribution in [0, 0.1) is 0 Å². The van der Waals surface area contributed by atoms with E-state index in [1.165, 1.54) is 4.31 Å². The molecule has 1 aliphatic rings. The van der Waals surface area contributed by atoms with Crippen molar-refractivity contribution in [3.63, 3.8) is 0 Å². The van der Waals surface area contributed by atoms with Gasteiger partial charge >= 0.3 is 5.97 Å². The van der Waals surface area contributed by atoms with Gasteiger partial charge in [-0.15, -0.1) is 0 Å². The van der Waals surface area contributed by atoms with E-state index in [1.54, 1.807) is 19.2 Å². The Kier molecular flexibility index (Phi) is 4.84. The van der Waals surface area contributed by atoms with Crippen LogP contribution in [0.2, 0.25) is 0 Å². The molecule has 0 radical (unpaired) electrons. The first-order chi connectivity index (χ1) is 9.92. The van der Waals surface area contributed by atoms with Gasteiger partial charge in [-0.05, 0) is 30.5 Å². The van der Waals surface area contributed by atoms with Crippen molar-refractivity contribution in [1.29, 1.82) is 0 Å². The number of sulfonamides is 1. The van der Waals surface area contributed by atoms with Crippen LogP contribution in [0.3, 0.4) is 0 Å². The van der Waals surface area contributed by atoms with E-state index in [-0.39, 0.29) is 24.8 Å². The number of benzene rings is 1. The monoisotopic (exact) mass is 313 g/mol. The molecule has 0 saturated heterocycles. The number of carbonyl (C=O) groups is 1. The molecule has 116 valence electrons. The minimum absolute atomic E-state index is 0.00546. The molecule has 0 heterocycles. The summed E-state index contributed by atoms with van der Waals surface area (Å²) in [7, 11) is -1.98. The number of rotatable bonds is 8. The van der Waals surface area contributed by atoms with E-state index in [2.05, 4.69) is 0 Å². The van der Waals surface area contributed by atoms with Crippen LogP contribution in [0.5, 0.6) is 5.75 Å². The molecule has 6 nitrogen and oxygen atoms in total. The first-order valence-electron chi connectivity index (χ1n) is 6.76. The normalized spacial score (nSPS) is 15.1. The summed E-state index contributed by atoms with van der Waals surface area (Å²) in [5.74, 6) is -0.737. The molecule has 1 saturated carbocycles. The Morgan fingerprint density at radius 1 is 1.33 bits per heavy atom. The SMILES string of the molecule is COc1ccc(CN(C2CC2)S(=O)(=O)CCC(=O)O)cc1. The number of nitrogens with zero attached hydrogens (tertiary/aromatic N) is 1. The van der Waals surface area contributed by atoms with Crippen LogP contribution >= 0.6 is 0 Å². The molecular weight excluding hydrogens is 294 g/mol. The molecule has 1 N–H and O–H groups in total. The van der Waals surface area contributed by atoms with E-state index in [0.29, 0.717) is 5.75 Å². The Morgan fingerprint density at radius 2 is 1.95 bits per heavy atom. The molecule has 2 rings (SSSR count). The molecular formula is C14H19NO5S. The van der Waals surface area contributed by atoms with Crippen molar-refractivity contribution in [2.45, 2.75) is 31.8 Å². The Labute approximate surface area is 124 Å². The van der Waals surface area contributed by atoms with Crippen molar-refractivity contribution in [3.8, 4) is 5.75 Å². The largest absolute Gasteiger partial charge is 0.497 e. The van der Waals surface area contributed by atoms with Crippen molar-refractivity contribution in [1.82, 2.24) is 4.31 Å². The zero-order chi connectivity index (χ0) is 15.5. The predicted molar refractivity (Wildman–Crippen MR) is 77.6 cm³/mol. The van der Waals surface area contributed by atoms with Crippen LogP contribution in [0.25, 0.3) is 0 Å². The van der Waals surface area contributed by atoms with Gasteiger partial charge in [0.2, 0.25) is 10.0 Å². The molecule has 0 amide bonds. The number of carboxylic acid groups (broad SMARTS) is 1. The molecule has 21 heavy (non-hydrogen) atoms. The highest BCUT2D eigenvalue weighted by molar-refractivity contribution is 7.89. The number of hydrogen-bond donors (Lipinski definition) is 1. The van der Waals surface area contributed by atoms with Gasteiger partial charge in [-0.25, -0.2) is 8.42 Å². The summed E-state index contributed by atoms with van der Waals surface area (Å²) < 4.78 is 31.1. The van der Waals surface area contributed by atoms with E-state index in [4.69, 9.17) is 9.84 Å². The third kappa shape index (κ3) is 4.44. The average Bonchev–Trinajstić information content (AvgIpc) is 3.27. The minimum atomic E-state index is -3.55. The Balaban J connectivity index is 2.09. The molecule has 1 fully saturated rings. The zero-order valence-corrected chi connectivity index (χ0v) is 12.7. The van der Waals surface area contributed by atoms with Crippen molar-refractivity contribution >= 4 is 16.0 Å². The summed E-state index contributed by atoms with van der Waals surface area (Å²) >= 11 is 0. The molecule has 0 spiro atoms. The molecule has 1 aliphatic carbocycles. The van der Waals surface area contributed by atoms with Crippen LogP contribution in [0.15, 0.2) is 24.3 Å². The van der Waals surface area contributed by atoms with Gasteiger partial charge in [0.25, 0.3) is 0 Å². The van der Waals surface area contributed by atoms with E-state index in [9.17, 15) is 13.2 Å². The predicted octanol–water partition coefficient (Wildman–Crippen LogP) is 1.46. The lowest BCUT2D eigenvalue weighted by Gasteiger charge is -2.21. The standard InChI is InChI=1S/C14H19NO5S/c1-20-13-6-2-11(3-7-13)10-15(12-4-5-12)21(18,19)9-8-14(16)17/h2-3,6-7,12H,4-5,8-10H2,1H3,(H,16,17). The molecule has 1 aromatic rings. The van der Waals surface area contributed by atoms with Crippen LogP contribution in [-0.2, 0) is 21.4 Å². The van der Waals surface area contributed by atoms with Crippen molar-refractivity contribution in [2.75, 3.05) is 12.9 Å². The first-order valence-corrected chi connectivity index (χ1v) is 8.37. The Hall–Kier alpha value is -1.60. The fourth-order valence-corrected chi connectivity index (χ4v) is 3.74. The van der Waals surface area contributed by atoms with Crippen molar-refractivity contribution in [3.05, 3.63) is 29.8 Å². The second-order valence-corrected chi connectivity index (χ2v) is 7.13. The van der Waals surface area contributed by atoms with Crippen LogP contribution in [-0.4, -0.2) is 42.7 Å². The molecule has 7 heteroatoms. The fraction of sp³-hybridized carbons (Fsp3) is 0.500. The third-order valence-corrected chi connectivity index (χ3v) is 5.24. The lowest BCUT2D eigenvalue weighted by atomic mass is 10.2. The third-order valence-electron chi connectivity index (χ3n) is 3.38. The van der Waals surface area contributed by atoms with Gasteiger partial charge < -0.3 is 9.84 Å². The summed E-state index contributed by atoms with van der Waals surface area (Å²) in [6.07, 6.45) is 1.30. The van der Waals surface area contributed by atoms with Crippen molar-refractivity contribution in [2.24, 2.45) is 0 Å². The Bertz CT molecular complexity index is 592. The number of hydrogen-bond acceptors (Lipinski definition) is 4. The molecule has 0 aliphatic heterocycles. The smallest absolute Gasteiger partial charge is 0.304 e. The maximum atomic E-state index is 12.3. The van der Waals surface area contributed by atoms with E-state index in [0.717, 1.165) is 18.4 Å². The van der Waals surface area contributed by atoms with Gasteiger partial charge in [0.05, 0.1) is 19.3 Å². The molecule has 1 aromatic carbocycles. The first kappa shape index (κ1) is 15.8. The van der Waals surface area contributed by atoms with Gasteiger partial charge in [-0.3, -0.25) is 4.79 Å². The number of carboxylic acids is 1. The highest BCUT2D eigenvalue weighted by Crippen LogP contribution is 2.31. The second kappa shape index (κ2) is 6.44. The molecule has 0 bridgehead atoms. The van der Waals surface area contributed by atoms with Gasteiger partial charge in [0.15, 0.2) is 0 Å². The second-order valence-electron chi connectivity index (χ2n) is 5.08. The number of methoxy groups -OCH3 is 1. The van der Waals surface area contributed by atoms with Crippen LogP contribution < -0.4 is 4.74 Å². The lowest BCUT2D eigenvalue weighted by molar-refractivity contribution is -0.136. The van der Waals surface area contributed by atoms with E-state index < -0.39 is 16.0 Å². The number of aliphatic carboxylic acids is 1. The van der Waals surface area contributed by atoms with Gasteiger partial charge in [-0.2, -0.15) is 4.31 Å². The highest BCUT2D eigenvalue weighted by atomic mass is 32.2. The highest BCUT2D eigenvalue weighted by Gasteiger charge is 2.37. The maximum Gasteiger partial charge on any atom is 0.304 e. The van der Waals surface area contributed by atoms with Gasteiger partial charge in [0.1, 0.15) is 5.75 Å². The topological polar surface area (TPSA) is 83.9 Å². The maximum absolute atomic E-state index is 12.3. The van der Waals surface area contributed by atoms with Gasteiger partial charge in [-0.1, -0.05) is 12.1 Å². The lowest BCUT2D eigenvalue weighted by Crippen LogP contribution is -2.35. The zero-order valence-electron chi connectivity index (χ0n) is 11.9. The minimum Gasteiger partial charge on any atom is -0.497 e. The summed E-state index contributed by atoms with van der Waals surface area (Å²) in [5, 5.41) is 8.66. The van der Waals surface area contributed by atoms with Crippen LogP contribution in [0.1, 0.15) is 24.8 Å². The summed E-state index contributed by atoms with van der Waals surface area (Å²) in [4.78, 5) is 10.6. The summed E-state index contributed by atoms with van der Waals surface area (Å²) in [6, 6.07) is 7.21. The molecule has 0 unspecified atom stereocenters. The average molecular weight is 313 g/mol. The van der Waals surface area contributed by atoms with Gasteiger partial charge in [0, 0.05) is 12.6 Å². The van der Waals surface area contributed by atoms with Crippen molar-refractivity contribution < 1.29 is 23.1 Å². The summed E-state index contributed by atoms with van der Waals surface area (Å²) in [5.41, 5.74) is 0.863. The number of ether oxygens (including phenoxy) is 1.